The Morgan fingerprint density at radius 2 is 1.67 bits per heavy atom. The van der Waals surface area contributed by atoms with Crippen molar-refractivity contribution in [2.45, 2.75) is 6.54 Å². The van der Waals surface area contributed by atoms with Crippen LogP contribution < -0.4 is 10.6 Å². The summed E-state index contributed by atoms with van der Waals surface area (Å²) >= 11 is 8.07. The maximum Gasteiger partial charge on any atom is 0.255 e. The van der Waals surface area contributed by atoms with E-state index in [0.29, 0.717) is 22.7 Å². The lowest BCUT2D eigenvalue weighted by Crippen LogP contribution is -2.24. The summed E-state index contributed by atoms with van der Waals surface area (Å²) < 4.78 is 0.825. The van der Waals surface area contributed by atoms with Crippen molar-refractivity contribution in [3.63, 3.8) is 0 Å². The zero-order chi connectivity index (χ0) is 19.2. The third-order valence-electron chi connectivity index (χ3n) is 3.85. The lowest BCUT2D eigenvalue weighted by molar-refractivity contribution is 0.0949. The van der Waals surface area contributed by atoms with Gasteiger partial charge < -0.3 is 10.6 Å². The van der Waals surface area contributed by atoms with Crippen LogP contribution in [0.2, 0.25) is 5.02 Å². The number of anilines is 1. The number of hydrogen-bond donors (Lipinski definition) is 2. The number of para-hydroxylation sites is 1. The van der Waals surface area contributed by atoms with Crippen molar-refractivity contribution in [2.24, 2.45) is 0 Å². The SMILES string of the molecule is O=C(Nc1ccccc1)c1cccc(CNC(=O)c2cc(Cl)ccc2I)c1. The lowest BCUT2D eigenvalue weighted by Gasteiger charge is -2.09. The normalized spacial score (nSPS) is 10.3. The van der Waals surface area contributed by atoms with E-state index in [4.69, 9.17) is 11.6 Å². The first kappa shape index (κ1) is 19.4. The summed E-state index contributed by atoms with van der Waals surface area (Å²) in [6.07, 6.45) is 0. The topological polar surface area (TPSA) is 58.2 Å². The average molecular weight is 491 g/mol. The minimum atomic E-state index is -0.207. The Hall–Kier alpha value is -2.38. The molecule has 27 heavy (non-hydrogen) atoms. The van der Waals surface area contributed by atoms with Crippen molar-refractivity contribution in [3.05, 3.63) is 98.1 Å². The molecule has 0 heterocycles. The molecule has 3 rings (SSSR count). The van der Waals surface area contributed by atoms with Crippen LogP contribution in [0.1, 0.15) is 26.3 Å². The Balaban J connectivity index is 1.66. The van der Waals surface area contributed by atoms with E-state index in [2.05, 4.69) is 33.2 Å². The summed E-state index contributed by atoms with van der Waals surface area (Å²) in [5.41, 5.74) is 2.63. The molecule has 0 bridgehead atoms. The molecule has 4 nitrogen and oxygen atoms in total. The number of carbonyl (C=O) groups is 2. The van der Waals surface area contributed by atoms with Gasteiger partial charge in [-0.2, -0.15) is 0 Å². The average Bonchev–Trinajstić information content (AvgIpc) is 2.69. The summed E-state index contributed by atoms with van der Waals surface area (Å²) in [6.45, 7) is 0.313. The first-order valence-electron chi connectivity index (χ1n) is 8.21. The van der Waals surface area contributed by atoms with E-state index in [9.17, 15) is 9.59 Å². The van der Waals surface area contributed by atoms with Gasteiger partial charge in [-0.25, -0.2) is 0 Å². The van der Waals surface area contributed by atoms with Crippen LogP contribution in [-0.2, 0) is 6.54 Å². The molecule has 6 heteroatoms. The van der Waals surface area contributed by atoms with E-state index in [0.717, 1.165) is 14.8 Å². The molecule has 2 N–H and O–H groups in total. The maximum absolute atomic E-state index is 12.4. The molecule has 0 aliphatic heterocycles. The molecule has 0 atom stereocenters. The van der Waals surface area contributed by atoms with Crippen molar-refractivity contribution in [1.29, 1.82) is 0 Å². The predicted octanol–water partition coefficient (Wildman–Crippen LogP) is 5.13. The summed E-state index contributed by atoms with van der Waals surface area (Å²) in [5.74, 6) is -0.403. The van der Waals surface area contributed by atoms with Crippen LogP contribution in [0.3, 0.4) is 0 Å². The Morgan fingerprint density at radius 1 is 0.889 bits per heavy atom. The molecule has 0 radical (unpaired) electrons. The largest absolute Gasteiger partial charge is 0.348 e. The summed E-state index contributed by atoms with van der Waals surface area (Å²) in [6, 6.07) is 21.6. The highest BCUT2D eigenvalue weighted by molar-refractivity contribution is 14.1. The number of rotatable bonds is 5. The minimum absolute atomic E-state index is 0.196. The second-order valence-electron chi connectivity index (χ2n) is 5.83. The molecule has 0 aliphatic rings. The highest BCUT2D eigenvalue weighted by atomic mass is 127. The minimum Gasteiger partial charge on any atom is -0.348 e. The summed E-state index contributed by atoms with van der Waals surface area (Å²) in [7, 11) is 0. The van der Waals surface area contributed by atoms with E-state index in [1.165, 1.54) is 0 Å². The van der Waals surface area contributed by atoms with E-state index >= 15 is 0 Å². The second-order valence-corrected chi connectivity index (χ2v) is 7.43. The third-order valence-corrected chi connectivity index (χ3v) is 5.02. The van der Waals surface area contributed by atoms with Gasteiger partial charge in [-0.3, -0.25) is 9.59 Å². The van der Waals surface area contributed by atoms with Gasteiger partial charge in [-0.15, -0.1) is 0 Å². The fourth-order valence-corrected chi connectivity index (χ4v) is 3.25. The standard InChI is InChI=1S/C21H16ClIN2O2/c22-16-9-10-19(23)18(12-16)21(27)24-13-14-5-4-6-15(11-14)20(26)25-17-7-2-1-3-8-17/h1-12H,13H2,(H,24,27)(H,25,26). The number of benzene rings is 3. The van der Waals surface area contributed by atoms with E-state index in [-0.39, 0.29) is 11.8 Å². The predicted molar refractivity (Wildman–Crippen MR) is 116 cm³/mol. The number of carbonyl (C=O) groups excluding carboxylic acids is 2. The first-order valence-corrected chi connectivity index (χ1v) is 9.67. The molecule has 0 spiro atoms. The van der Waals surface area contributed by atoms with Crippen LogP contribution in [0.15, 0.2) is 72.8 Å². The van der Waals surface area contributed by atoms with Crippen LogP contribution in [0, 0.1) is 3.57 Å². The Morgan fingerprint density at radius 3 is 2.44 bits per heavy atom. The van der Waals surface area contributed by atoms with Gasteiger partial charge in [0.25, 0.3) is 11.8 Å². The van der Waals surface area contributed by atoms with Crippen LogP contribution >= 0.6 is 34.2 Å². The Kier molecular flexibility index (Phi) is 6.47. The van der Waals surface area contributed by atoms with Gasteiger partial charge in [0.2, 0.25) is 0 Å². The molecule has 3 aromatic carbocycles. The maximum atomic E-state index is 12.4. The van der Waals surface area contributed by atoms with Crippen molar-refractivity contribution < 1.29 is 9.59 Å². The van der Waals surface area contributed by atoms with Gasteiger partial charge in [-0.1, -0.05) is 41.9 Å². The smallest absolute Gasteiger partial charge is 0.255 e. The van der Waals surface area contributed by atoms with Gasteiger partial charge in [-0.05, 0) is 70.6 Å². The quantitative estimate of drug-likeness (QED) is 0.487. The first-order chi connectivity index (χ1) is 13.0. The molecule has 136 valence electrons. The Bertz CT molecular complexity index is 977. The van der Waals surface area contributed by atoms with Gasteiger partial charge in [0.15, 0.2) is 0 Å². The highest BCUT2D eigenvalue weighted by Gasteiger charge is 2.11. The van der Waals surface area contributed by atoms with E-state index < -0.39 is 0 Å². The van der Waals surface area contributed by atoms with Crippen LogP contribution in [0.5, 0.6) is 0 Å². The van der Waals surface area contributed by atoms with Crippen molar-refractivity contribution in [1.82, 2.24) is 5.32 Å². The number of hydrogen-bond acceptors (Lipinski definition) is 2. The highest BCUT2D eigenvalue weighted by Crippen LogP contribution is 2.18. The molecule has 2 amide bonds. The fourth-order valence-electron chi connectivity index (χ4n) is 2.50. The van der Waals surface area contributed by atoms with Gasteiger partial charge in [0.1, 0.15) is 0 Å². The van der Waals surface area contributed by atoms with Gasteiger partial charge in [0, 0.05) is 26.4 Å². The van der Waals surface area contributed by atoms with Crippen LogP contribution in [0.4, 0.5) is 5.69 Å². The monoisotopic (exact) mass is 490 g/mol. The summed E-state index contributed by atoms with van der Waals surface area (Å²) in [4.78, 5) is 24.8. The van der Waals surface area contributed by atoms with Crippen molar-refractivity contribution in [2.75, 3.05) is 5.32 Å². The second kappa shape index (κ2) is 9.01. The molecule has 0 unspecified atom stereocenters. The molecular weight excluding hydrogens is 475 g/mol. The van der Waals surface area contributed by atoms with Crippen LogP contribution in [-0.4, -0.2) is 11.8 Å². The zero-order valence-electron chi connectivity index (χ0n) is 14.2. The fraction of sp³-hybridized carbons (Fsp3) is 0.0476. The molecule has 0 saturated carbocycles. The van der Waals surface area contributed by atoms with E-state index in [1.807, 2.05) is 36.4 Å². The van der Waals surface area contributed by atoms with Gasteiger partial charge >= 0.3 is 0 Å². The van der Waals surface area contributed by atoms with Crippen molar-refractivity contribution >= 4 is 51.7 Å². The van der Waals surface area contributed by atoms with Crippen molar-refractivity contribution in [3.8, 4) is 0 Å². The number of halogens is 2. The molecule has 3 aromatic rings. The van der Waals surface area contributed by atoms with Crippen LogP contribution in [0.25, 0.3) is 0 Å². The third kappa shape index (κ3) is 5.30. The molecule has 0 aliphatic carbocycles. The summed E-state index contributed by atoms with van der Waals surface area (Å²) in [5, 5.41) is 6.23. The molecule has 0 aromatic heterocycles. The lowest BCUT2D eigenvalue weighted by atomic mass is 10.1. The molecule has 0 fully saturated rings. The van der Waals surface area contributed by atoms with Gasteiger partial charge in [0.05, 0.1) is 5.56 Å². The Labute approximate surface area is 176 Å². The number of amides is 2. The molecular formula is C21H16ClIN2O2. The van der Waals surface area contributed by atoms with E-state index in [1.54, 1.807) is 36.4 Å². The zero-order valence-corrected chi connectivity index (χ0v) is 17.1. The number of nitrogens with one attached hydrogen (secondary N) is 2. The molecule has 0 saturated heterocycles.